The standard InChI is InChI=1S/C17H34N2O3/c1-3-5-9-19(10-6-4-2)17(21)8-7-16(20)15-18-11-13-22-14-12-18/h16,20H,3-15H2,1-2H3. The SMILES string of the molecule is CCCCN(CCCC)C(=O)CCC(O)CN1CCOCC1. The summed E-state index contributed by atoms with van der Waals surface area (Å²) < 4.78 is 5.30. The maximum absolute atomic E-state index is 12.3. The molecule has 1 aliphatic heterocycles. The van der Waals surface area contributed by atoms with E-state index < -0.39 is 6.10 Å². The molecular weight excluding hydrogens is 280 g/mol. The lowest BCUT2D eigenvalue weighted by molar-refractivity contribution is -0.132. The van der Waals surface area contributed by atoms with Crippen molar-refractivity contribution in [1.82, 2.24) is 9.80 Å². The zero-order valence-electron chi connectivity index (χ0n) is 14.4. The Hall–Kier alpha value is -0.650. The van der Waals surface area contributed by atoms with E-state index in [1.54, 1.807) is 0 Å². The third-order valence-corrected chi connectivity index (χ3v) is 4.18. The van der Waals surface area contributed by atoms with Crippen LogP contribution in [0.4, 0.5) is 0 Å². The third kappa shape index (κ3) is 8.11. The highest BCUT2D eigenvalue weighted by Crippen LogP contribution is 2.08. The monoisotopic (exact) mass is 314 g/mol. The van der Waals surface area contributed by atoms with Crippen LogP contribution in [0.1, 0.15) is 52.4 Å². The Balaban J connectivity index is 2.27. The molecule has 1 atom stereocenters. The van der Waals surface area contributed by atoms with Crippen molar-refractivity contribution in [3.8, 4) is 0 Å². The van der Waals surface area contributed by atoms with Crippen LogP contribution in [-0.4, -0.2) is 72.9 Å². The van der Waals surface area contributed by atoms with Crippen molar-refractivity contribution in [2.24, 2.45) is 0 Å². The predicted molar refractivity (Wildman–Crippen MR) is 88.9 cm³/mol. The number of hydrogen-bond donors (Lipinski definition) is 1. The first-order valence-corrected chi connectivity index (χ1v) is 8.93. The molecule has 0 saturated carbocycles. The molecule has 5 nitrogen and oxygen atoms in total. The van der Waals surface area contributed by atoms with Gasteiger partial charge in [-0.2, -0.15) is 0 Å². The topological polar surface area (TPSA) is 53.0 Å². The van der Waals surface area contributed by atoms with Crippen LogP contribution >= 0.6 is 0 Å². The third-order valence-electron chi connectivity index (χ3n) is 4.18. The van der Waals surface area contributed by atoms with Crippen molar-refractivity contribution < 1.29 is 14.6 Å². The number of morpholine rings is 1. The molecule has 1 aliphatic rings. The quantitative estimate of drug-likeness (QED) is 0.633. The second-order valence-electron chi connectivity index (χ2n) is 6.19. The van der Waals surface area contributed by atoms with Gasteiger partial charge >= 0.3 is 0 Å². The second kappa shape index (κ2) is 11.9. The van der Waals surface area contributed by atoms with Crippen molar-refractivity contribution >= 4 is 5.91 Å². The summed E-state index contributed by atoms with van der Waals surface area (Å²) in [6.07, 6.45) is 4.94. The molecule has 0 aromatic carbocycles. The second-order valence-corrected chi connectivity index (χ2v) is 6.19. The average Bonchev–Trinajstić information content (AvgIpc) is 2.54. The molecule has 130 valence electrons. The Kier molecular flexibility index (Phi) is 10.5. The Morgan fingerprint density at radius 1 is 1.18 bits per heavy atom. The van der Waals surface area contributed by atoms with Crippen molar-refractivity contribution in [2.75, 3.05) is 45.9 Å². The van der Waals surface area contributed by atoms with Crippen LogP contribution in [-0.2, 0) is 9.53 Å². The Morgan fingerprint density at radius 3 is 2.32 bits per heavy atom. The van der Waals surface area contributed by atoms with E-state index in [2.05, 4.69) is 18.7 Å². The normalized spacial score (nSPS) is 17.4. The van der Waals surface area contributed by atoms with Crippen molar-refractivity contribution in [3.63, 3.8) is 0 Å². The van der Waals surface area contributed by atoms with Crippen LogP contribution in [0.15, 0.2) is 0 Å². The summed E-state index contributed by atoms with van der Waals surface area (Å²) in [5, 5.41) is 10.1. The lowest BCUT2D eigenvalue weighted by Gasteiger charge is -2.29. The molecule has 0 aromatic heterocycles. The number of nitrogens with zero attached hydrogens (tertiary/aromatic N) is 2. The molecule has 22 heavy (non-hydrogen) atoms. The number of carbonyl (C=O) groups excluding carboxylic acids is 1. The zero-order valence-corrected chi connectivity index (χ0v) is 14.4. The molecule has 5 heteroatoms. The van der Waals surface area contributed by atoms with E-state index in [-0.39, 0.29) is 5.91 Å². The fourth-order valence-electron chi connectivity index (χ4n) is 2.68. The van der Waals surface area contributed by atoms with Crippen molar-refractivity contribution in [3.05, 3.63) is 0 Å². The van der Waals surface area contributed by atoms with Gasteiger partial charge in [0.2, 0.25) is 5.91 Å². The van der Waals surface area contributed by atoms with Gasteiger partial charge in [0.05, 0.1) is 19.3 Å². The van der Waals surface area contributed by atoms with Gasteiger partial charge in [-0.05, 0) is 19.3 Å². The lowest BCUT2D eigenvalue weighted by atomic mass is 10.1. The Bertz CT molecular complexity index is 286. The molecule has 1 rings (SSSR count). The van der Waals surface area contributed by atoms with E-state index in [9.17, 15) is 9.90 Å². The minimum absolute atomic E-state index is 0.197. The van der Waals surface area contributed by atoms with E-state index >= 15 is 0 Å². The smallest absolute Gasteiger partial charge is 0.222 e. The van der Waals surface area contributed by atoms with Gasteiger partial charge < -0.3 is 14.7 Å². The first kappa shape index (κ1) is 19.4. The van der Waals surface area contributed by atoms with Crippen LogP contribution in [0.2, 0.25) is 0 Å². The number of hydrogen-bond acceptors (Lipinski definition) is 4. The number of rotatable bonds is 11. The van der Waals surface area contributed by atoms with E-state index in [4.69, 9.17) is 4.74 Å². The first-order chi connectivity index (χ1) is 10.7. The molecule has 0 aromatic rings. The molecule has 1 heterocycles. The summed E-state index contributed by atoms with van der Waals surface area (Å²) in [7, 11) is 0. The first-order valence-electron chi connectivity index (χ1n) is 8.93. The number of aliphatic hydroxyl groups is 1. The number of amides is 1. The molecule has 1 unspecified atom stereocenters. The predicted octanol–water partition coefficient (Wildman–Crippen LogP) is 1.89. The van der Waals surface area contributed by atoms with Gasteiger partial charge in [-0.3, -0.25) is 9.69 Å². The van der Waals surface area contributed by atoms with Crippen LogP contribution in [0.25, 0.3) is 0 Å². The van der Waals surface area contributed by atoms with E-state index in [1.807, 2.05) is 4.90 Å². The molecule has 1 N–H and O–H groups in total. The minimum atomic E-state index is -0.416. The maximum atomic E-state index is 12.3. The largest absolute Gasteiger partial charge is 0.392 e. The molecule has 1 saturated heterocycles. The molecule has 0 spiro atoms. The van der Waals surface area contributed by atoms with Gasteiger partial charge in [0.25, 0.3) is 0 Å². The number of unbranched alkanes of at least 4 members (excludes halogenated alkanes) is 2. The van der Waals surface area contributed by atoms with E-state index in [0.29, 0.717) is 19.4 Å². The minimum Gasteiger partial charge on any atom is -0.392 e. The summed E-state index contributed by atoms with van der Waals surface area (Å²) in [5.41, 5.74) is 0. The highest BCUT2D eigenvalue weighted by Gasteiger charge is 2.18. The number of aliphatic hydroxyl groups excluding tert-OH is 1. The molecule has 1 fully saturated rings. The average molecular weight is 314 g/mol. The summed E-state index contributed by atoms with van der Waals surface area (Å²) in [4.78, 5) is 16.5. The van der Waals surface area contributed by atoms with Crippen LogP contribution in [0.5, 0.6) is 0 Å². The molecule has 0 radical (unpaired) electrons. The Labute approximate surface area is 135 Å². The van der Waals surface area contributed by atoms with E-state index in [0.717, 1.165) is 65.1 Å². The van der Waals surface area contributed by atoms with Crippen LogP contribution < -0.4 is 0 Å². The lowest BCUT2D eigenvalue weighted by Crippen LogP contribution is -2.41. The number of β-amino-alcohol motifs (C(OH)–C–C–N with tert-alkyl or cyclic N) is 1. The molecule has 1 amide bonds. The zero-order chi connectivity index (χ0) is 16.2. The Morgan fingerprint density at radius 2 is 1.77 bits per heavy atom. The summed E-state index contributed by atoms with van der Waals surface area (Å²) in [5.74, 6) is 0.197. The van der Waals surface area contributed by atoms with Gasteiger partial charge in [0.1, 0.15) is 0 Å². The van der Waals surface area contributed by atoms with Crippen molar-refractivity contribution in [1.29, 1.82) is 0 Å². The van der Waals surface area contributed by atoms with Crippen LogP contribution in [0, 0.1) is 0 Å². The number of carbonyl (C=O) groups is 1. The number of ether oxygens (including phenoxy) is 1. The van der Waals surface area contributed by atoms with Gasteiger partial charge in [0, 0.05) is 39.1 Å². The highest BCUT2D eigenvalue weighted by atomic mass is 16.5. The maximum Gasteiger partial charge on any atom is 0.222 e. The van der Waals surface area contributed by atoms with Gasteiger partial charge in [-0.1, -0.05) is 26.7 Å². The van der Waals surface area contributed by atoms with Crippen molar-refractivity contribution in [2.45, 2.75) is 58.5 Å². The summed E-state index contributed by atoms with van der Waals surface area (Å²) in [6.45, 7) is 9.91. The van der Waals surface area contributed by atoms with Gasteiger partial charge in [0.15, 0.2) is 0 Å². The van der Waals surface area contributed by atoms with Crippen LogP contribution in [0.3, 0.4) is 0 Å². The molecule has 0 bridgehead atoms. The summed E-state index contributed by atoms with van der Waals surface area (Å²) >= 11 is 0. The molecular formula is C17H34N2O3. The van der Waals surface area contributed by atoms with Gasteiger partial charge in [-0.15, -0.1) is 0 Å². The fraction of sp³-hybridized carbons (Fsp3) is 0.941. The molecule has 0 aliphatic carbocycles. The fourth-order valence-corrected chi connectivity index (χ4v) is 2.68. The van der Waals surface area contributed by atoms with E-state index in [1.165, 1.54) is 0 Å². The summed E-state index contributed by atoms with van der Waals surface area (Å²) in [6, 6.07) is 0. The highest BCUT2D eigenvalue weighted by molar-refractivity contribution is 5.76. The van der Waals surface area contributed by atoms with Gasteiger partial charge in [-0.25, -0.2) is 0 Å².